The topological polar surface area (TPSA) is 56.8 Å². The summed E-state index contributed by atoms with van der Waals surface area (Å²) >= 11 is 12.0. The van der Waals surface area contributed by atoms with E-state index in [0.29, 0.717) is 27.3 Å². The average Bonchev–Trinajstić information content (AvgIpc) is 2.62. The molecule has 0 aliphatic carbocycles. The predicted molar refractivity (Wildman–Crippen MR) is 103 cm³/mol. The number of halogens is 2. The summed E-state index contributed by atoms with van der Waals surface area (Å²) in [5.74, 6) is 1.36. The minimum Gasteiger partial charge on any atom is -0.493 e. The molecule has 0 aliphatic heterocycles. The summed E-state index contributed by atoms with van der Waals surface area (Å²) in [4.78, 5) is 12.4. The van der Waals surface area contributed by atoms with Crippen LogP contribution in [0.1, 0.15) is 24.1 Å². The molecule has 0 bridgehead atoms. The molecule has 0 saturated carbocycles. The van der Waals surface area contributed by atoms with Crippen molar-refractivity contribution < 1.29 is 19.0 Å². The molecule has 0 heterocycles. The summed E-state index contributed by atoms with van der Waals surface area (Å²) in [5.41, 5.74) is 1.62. The largest absolute Gasteiger partial charge is 0.493 e. The molecule has 1 unspecified atom stereocenters. The molecule has 1 atom stereocenters. The Kier molecular flexibility index (Phi) is 7.00. The Morgan fingerprint density at radius 1 is 1.00 bits per heavy atom. The van der Waals surface area contributed by atoms with E-state index in [9.17, 15) is 4.79 Å². The molecular weight excluding hydrogens is 377 g/mol. The van der Waals surface area contributed by atoms with Gasteiger partial charge in [0, 0.05) is 0 Å². The maximum absolute atomic E-state index is 12.4. The Balaban J connectivity index is 2.12. The molecule has 2 rings (SSSR count). The van der Waals surface area contributed by atoms with E-state index in [4.69, 9.17) is 37.4 Å². The van der Waals surface area contributed by atoms with Gasteiger partial charge >= 0.3 is 0 Å². The highest BCUT2D eigenvalue weighted by Crippen LogP contribution is 2.38. The van der Waals surface area contributed by atoms with E-state index in [2.05, 4.69) is 5.32 Å². The number of hydrogen-bond acceptors (Lipinski definition) is 4. The fraction of sp³-hybridized carbons (Fsp3) is 0.316. The van der Waals surface area contributed by atoms with Crippen LogP contribution in [-0.2, 0) is 11.2 Å². The highest BCUT2D eigenvalue weighted by Gasteiger charge is 2.16. The van der Waals surface area contributed by atoms with Crippen LogP contribution >= 0.6 is 23.2 Å². The molecule has 26 heavy (non-hydrogen) atoms. The van der Waals surface area contributed by atoms with E-state index < -0.39 is 0 Å². The molecule has 1 amide bonds. The number of nitrogens with one attached hydrogen (secondary N) is 1. The lowest BCUT2D eigenvalue weighted by Gasteiger charge is -2.16. The molecule has 140 valence electrons. The van der Waals surface area contributed by atoms with Gasteiger partial charge in [0.25, 0.3) is 0 Å². The van der Waals surface area contributed by atoms with Crippen molar-refractivity contribution in [2.75, 3.05) is 21.3 Å². The molecule has 7 heteroatoms. The van der Waals surface area contributed by atoms with Gasteiger partial charge in [0.1, 0.15) is 0 Å². The van der Waals surface area contributed by atoms with Gasteiger partial charge in [0.15, 0.2) is 11.5 Å². The third-order valence-electron chi connectivity index (χ3n) is 3.91. The number of amides is 1. The van der Waals surface area contributed by atoms with Crippen molar-refractivity contribution in [1.82, 2.24) is 5.32 Å². The number of hydrogen-bond donors (Lipinski definition) is 1. The predicted octanol–water partition coefficient (Wildman–Crippen LogP) is 4.44. The third kappa shape index (κ3) is 4.74. The first-order chi connectivity index (χ1) is 12.4. The normalized spacial score (nSPS) is 11.6. The van der Waals surface area contributed by atoms with Gasteiger partial charge in [-0.25, -0.2) is 0 Å². The zero-order chi connectivity index (χ0) is 19.3. The minimum atomic E-state index is -0.209. The van der Waals surface area contributed by atoms with Gasteiger partial charge in [-0.05, 0) is 42.3 Å². The molecule has 5 nitrogen and oxygen atoms in total. The summed E-state index contributed by atoms with van der Waals surface area (Å²) in [5, 5.41) is 3.87. The van der Waals surface area contributed by atoms with Crippen molar-refractivity contribution >= 4 is 29.1 Å². The lowest BCUT2D eigenvalue weighted by molar-refractivity contribution is -0.121. The number of methoxy groups -OCH3 is 3. The van der Waals surface area contributed by atoms with Gasteiger partial charge < -0.3 is 19.5 Å². The van der Waals surface area contributed by atoms with Crippen LogP contribution in [0.3, 0.4) is 0 Å². The van der Waals surface area contributed by atoms with Crippen molar-refractivity contribution in [2.24, 2.45) is 0 Å². The Morgan fingerprint density at radius 2 is 1.62 bits per heavy atom. The second-order valence-electron chi connectivity index (χ2n) is 5.67. The van der Waals surface area contributed by atoms with Crippen LogP contribution in [-0.4, -0.2) is 27.2 Å². The molecule has 0 fully saturated rings. The first-order valence-corrected chi connectivity index (χ1v) is 8.68. The van der Waals surface area contributed by atoms with Crippen molar-refractivity contribution in [3.8, 4) is 17.2 Å². The summed E-state index contributed by atoms with van der Waals surface area (Å²) < 4.78 is 15.9. The van der Waals surface area contributed by atoms with Gasteiger partial charge in [-0.1, -0.05) is 29.3 Å². The van der Waals surface area contributed by atoms with Crippen LogP contribution in [0.25, 0.3) is 0 Å². The zero-order valence-electron chi connectivity index (χ0n) is 15.1. The smallest absolute Gasteiger partial charge is 0.224 e. The first kappa shape index (κ1) is 20.2. The van der Waals surface area contributed by atoms with E-state index in [0.717, 1.165) is 11.1 Å². The van der Waals surface area contributed by atoms with Crippen LogP contribution in [0, 0.1) is 0 Å². The molecule has 0 spiro atoms. The molecule has 0 aliphatic rings. The molecule has 1 N–H and O–H groups in total. The molecule has 0 saturated heterocycles. The number of benzene rings is 2. The molecule has 2 aromatic carbocycles. The standard InChI is InChI=1S/C19H21Cl2NO4/c1-11(13-5-6-14(20)15(21)10-13)22-18(23)9-12-7-16(24-2)19(26-4)17(8-12)25-3/h5-8,10-11H,9H2,1-4H3,(H,22,23). The van der Waals surface area contributed by atoms with E-state index in [1.54, 1.807) is 24.3 Å². The maximum Gasteiger partial charge on any atom is 0.224 e. The second-order valence-corrected chi connectivity index (χ2v) is 6.49. The van der Waals surface area contributed by atoms with Crippen molar-refractivity contribution in [3.05, 3.63) is 51.5 Å². The first-order valence-electron chi connectivity index (χ1n) is 7.92. The Hall–Kier alpha value is -2.11. The van der Waals surface area contributed by atoms with Crippen molar-refractivity contribution in [2.45, 2.75) is 19.4 Å². The Labute approximate surface area is 163 Å². The molecule has 2 aromatic rings. The fourth-order valence-corrected chi connectivity index (χ4v) is 2.89. The van der Waals surface area contributed by atoms with E-state index in [-0.39, 0.29) is 18.4 Å². The summed E-state index contributed by atoms with van der Waals surface area (Å²) in [6.45, 7) is 1.88. The van der Waals surface area contributed by atoms with Gasteiger partial charge in [0.05, 0.1) is 43.8 Å². The third-order valence-corrected chi connectivity index (χ3v) is 4.65. The number of ether oxygens (including phenoxy) is 3. The average molecular weight is 398 g/mol. The minimum absolute atomic E-state index is 0.141. The fourth-order valence-electron chi connectivity index (χ4n) is 2.58. The quantitative estimate of drug-likeness (QED) is 0.749. The van der Waals surface area contributed by atoms with Crippen molar-refractivity contribution in [1.29, 1.82) is 0 Å². The Morgan fingerprint density at radius 3 is 2.12 bits per heavy atom. The van der Waals surface area contributed by atoms with Crippen LogP contribution in [0.5, 0.6) is 17.2 Å². The van der Waals surface area contributed by atoms with Crippen LogP contribution in [0.2, 0.25) is 10.0 Å². The SMILES string of the molecule is COc1cc(CC(=O)NC(C)c2ccc(Cl)c(Cl)c2)cc(OC)c1OC. The zero-order valence-corrected chi connectivity index (χ0v) is 16.6. The maximum atomic E-state index is 12.4. The lowest BCUT2D eigenvalue weighted by Crippen LogP contribution is -2.28. The lowest BCUT2D eigenvalue weighted by atomic mass is 10.1. The van der Waals surface area contributed by atoms with Gasteiger partial charge in [-0.15, -0.1) is 0 Å². The number of rotatable bonds is 7. The van der Waals surface area contributed by atoms with E-state index in [1.807, 2.05) is 13.0 Å². The summed E-state index contributed by atoms with van der Waals surface area (Å²) in [6.07, 6.45) is 0.169. The van der Waals surface area contributed by atoms with Crippen molar-refractivity contribution in [3.63, 3.8) is 0 Å². The van der Waals surface area contributed by atoms with Crippen LogP contribution in [0.4, 0.5) is 0 Å². The van der Waals surface area contributed by atoms with Gasteiger partial charge in [-0.3, -0.25) is 4.79 Å². The molecule has 0 radical (unpaired) electrons. The van der Waals surface area contributed by atoms with Gasteiger partial charge in [0.2, 0.25) is 11.7 Å². The monoisotopic (exact) mass is 397 g/mol. The summed E-state index contributed by atoms with van der Waals surface area (Å²) in [6, 6.07) is 8.59. The second kappa shape index (κ2) is 9.01. The van der Waals surface area contributed by atoms with E-state index in [1.165, 1.54) is 21.3 Å². The highest BCUT2D eigenvalue weighted by atomic mass is 35.5. The highest BCUT2D eigenvalue weighted by molar-refractivity contribution is 6.42. The number of carbonyl (C=O) groups excluding carboxylic acids is 1. The van der Waals surface area contributed by atoms with Crippen LogP contribution < -0.4 is 19.5 Å². The molecular formula is C19H21Cl2NO4. The molecule has 0 aromatic heterocycles. The van der Waals surface area contributed by atoms with E-state index >= 15 is 0 Å². The number of carbonyl (C=O) groups is 1. The van der Waals surface area contributed by atoms with Gasteiger partial charge in [-0.2, -0.15) is 0 Å². The van der Waals surface area contributed by atoms with Crippen LogP contribution in [0.15, 0.2) is 30.3 Å². The summed E-state index contributed by atoms with van der Waals surface area (Å²) in [7, 11) is 4.60. The Bertz CT molecular complexity index is 770.